The van der Waals surface area contributed by atoms with Crippen LogP contribution in [0.4, 0.5) is 5.95 Å². The number of amides is 1. The number of carbonyl (C=O) groups is 1. The quantitative estimate of drug-likeness (QED) is 0.855. The highest BCUT2D eigenvalue weighted by molar-refractivity contribution is 6.31. The molecule has 3 rings (SSSR count). The van der Waals surface area contributed by atoms with Gasteiger partial charge in [0.2, 0.25) is 5.95 Å². The van der Waals surface area contributed by atoms with Crippen molar-refractivity contribution in [1.82, 2.24) is 15.0 Å². The van der Waals surface area contributed by atoms with Gasteiger partial charge in [0.05, 0.1) is 22.0 Å². The average Bonchev–Trinajstić information content (AvgIpc) is 3.06. The number of rotatable bonds is 5. The molecule has 0 saturated heterocycles. The number of primary amides is 1. The summed E-state index contributed by atoms with van der Waals surface area (Å²) >= 11 is 6.22. The Morgan fingerprint density at radius 3 is 2.60 bits per heavy atom. The number of hydrogen-bond acceptors (Lipinski definition) is 6. The Morgan fingerprint density at radius 1 is 1.28 bits per heavy atom. The van der Waals surface area contributed by atoms with Crippen LogP contribution < -0.4 is 11.1 Å². The summed E-state index contributed by atoms with van der Waals surface area (Å²) < 4.78 is 0. The second-order valence-electron chi connectivity index (χ2n) is 6.10. The van der Waals surface area contributed by atoms with Gasteiger partial charge >= 0.3 is 0 Å². The number of nitrogens with zero attached hydrogens (tertiary/aromatic N) is 4. The lowest BCUT2D eigenvalue weighted by Gasteiger charge is -2.26. The van der Waals surface area contributed by atoms with Crippen molar-refractivity contribution in [2.24, 2.45) is 10.7 Å². The molecule has 2 aromatic rings. The topological polar surface area (TPSA) is 106 Å². The van der Waals surface area contributed by atoms with Gasteiger partial charge in [0.15, 0.2) is 0 Å². The van der Waals surface area contributed by atoms with Crippen LogP contribution in [0.1, 0.15) is 31.5 Å². The molecule has 2 aromatic heterocycles. The number of carbonyl (C=O) groups excluding carboxylic acids is 1. The zero-order valence-electron chi connectivity index (χ0n) is 13.8. The summed E-state index contributed by atoms with van der Waals surface area (Å²) in [6.07, 6.45) is 7.22. The van der Waals surface area contributed by atoms with Gasteiger partial charge in [-0.3, -0.25) is 9.78 Å². The third-order valence-corrected chi connectivity index (χ3v) is 4.06. The van der Waals surface area contributed by atoms with Crippen molar-refractivity contribution in [1.29, 1.82) is 0 Å². The molecule has 128 valence electrons. The molecule has 0 aromatic carbocycles. The zero-order valence-corrected chi connectivity index (χ0v) is 14.6. The molecule has 1 amide bonds. The van der Waals surface area contributed by atoms with E-state index in [0.29, 0.717) is 28.8 Å². The summed E-state index contributed by atoms with van der Waals surface area (Å²) in [5, 5.41) is 3.80. The third kappa shape index (κ3) is 3.66. The molecule has 1 aliphatic heterocycles. The first-order valence-corrected chi connectivity index (χ1v) is 8.04. The Morgan fingerprint density at radius 2 is 2.00 bits per heavy atom. The van der Waals surface area contributed by atoms with Gasteiger partial charge in [-0.1, -0.05) is 11.6 Å². The molecule has 1 aliphatic rings. The molecule has 0 aliphatic carbocycles. The fraction of sp³-hybridized carbons (Fsp3) is 0.235. The first kappa shape index (κ1) is 17.0. The molecular formula is C17H17ClN6O. The number of anilines is 1. The van der Waals surface area contributed by atoms with Crippen molar-refractivity contribution in [3.8, 4) is 0 Å². The second-order valence-corrected chi connectivity index (χ2v) is 6.50. The van der Waals surface area contributed by atoms with Gasteiger partial charge in [-0.15, -0.1) is 0 Å². The van der Waals surface area contributed by atoms with Gasteiger partial charge in [-0.25, -0.2) is 15.0 Å². The number of nitrogens with two attached hydrogens (primary N) is 1. The highest BCUT2D eigenvalue weighted by Gasteiger charge is 2.25. The van der Waals surface area contributed by atoms with Gasteiger partial charge in [0, 0.05) is 30.6 Å². The van der Waals surface area contributed by atoms with E-state index in [-0.39, 0.29) is 5.70 Å². The normalized spacial score (nSPS) is 14.0. The highest BCUT2D eigenvalue weighted by atomic mass is 35.5. The average molecular weight is 357 g/mol. The SMILES string of the molecule is CC(C)(Nc1ncc(C2=NC(C(N)=O)=CC2)cn1)c1ncccc1Cl. The van der Waals surface area contributed by atoms with E-state index < -0.39 is 11.4 Å². The van der Waals surface area contributed by atoms with Crippen molar-refractivity contribution in [2.75, 3.05) is 5.32 Å². The molecule has 7 nitrogen and oxygen atoms in total. The summed E-state index contributed by atoms with van der Waals surface area (Å²) in [6.45, 7) is 3.89. The van der Waals surface area contributed by atoms with E-state index >= 15 is 0 Å². The first-order valence-electron chi connectivity index (χ1n) is 7.66. The Bertz CT molecular complexity index is 873. The molecule has 0 fully saturated rings. The molecular weight excluding hydrogens is 340 g/mol. The monoisotopic (exact) mass is 356 g/mol. The summed E-state index contributed by atoms with van der Waals surface area (Å²) in [7, 11) is 0. The van der Waals surface area contributed by atoms with Gasteiger partial charge in [0.1, 0.15) is 5.70 Å². The van der Waals surface area contributed by atoms with Gasteiger partial charge < -0.3 is 11.1 Å². The number of halogens is 1. The zero-order chi connectivity index (χ0) is 18.0. The molecule has 0 atom stereocenters. The second kappa shape index (κ2) is 6.60. The fourth-order valence-electron chi connectivity index (χ4n) is 2.49. The van der Waals surface area contributed by atoms with Crippen LogP contribution >= 0.6 is 11.6 Å². The van der Waals surface area contributed by atoms with Crippen LogP contribution in [-0.2, 0) is 10.3 Å². The maximum absolute atomic E-state index is 11.1. The number of aliphatic imine (C=N–C) groups is 1. The number of aromatic nitrogens is 3. The summed E-state index contributed by atoms with van der Waals surface area (Å²) in [5.74, 6) is -0.0969. The maximum atomic E-state index is 11.1. The minimum atomic E-state index is -0.550. The number of nitrogens with one attached hydrogen (secondary N) is 1. The molecule has 0 radical (unpaired) electrons. The van der Waals surface area contributed by atoms with Crippen LogP contribution in [0.3, 0.4) is 0 Å². The highest BCUT2D eigenvalue weighted by Crippen LogP contribution is 2.28. The first-order chi connectivity index (χ1) is 11.9. The minimum Gasteiger partial charge on any atom is -0.364 e. The van der Waals surface area contributed by atoms with Crippen LogP contribution in [0, 0.1) is 0 Å². The van der Waals surface area contributed by atoms with Crippen LogP contribution in [-0.4, -0.2) is 26.6 Å². The lowest BCUT2D eigenvalue weighted by atomic mass is 10.00. The smallest absolute Gasteiger partial charge is 0.266 e. The Labute approximate surface area is 150 Å². The molecule has 3 N–H and O–H groups in total. The molecule has 25 heavy (non-hydrogen) atoms. The van der Waals surface area contributed by atoms with Gasteiger partial charge in [-0.05, 0) is 32.1 Å². The van der Waals surface area contributed by atoms with Crippen LogP contribution in [0.2, 0.25) is 5.02 Å². The minimum absolute atomic E-state index is 0.267. The van der Waals surface area contributed by atoms with E-state index in [1.165, 1.54) is 0 Å². The van der Waals surface area contributed by atoms with Crippen molar-refractivity contribution >= 4 is 29.2 Å². The Kier molecular flexibility index (Phi) is 4.50. The van der Waals surface area contributed by atoms with Gasteiger partial charge in [-0.2, -0.15) is 0 Å². The van der Waals surface area contributed by atoms with E-state index in [1.807, 2.05) is 13.8 Å². The molecule has 0 unspecified atom stereocenters. The van der Waals surface area contributed by atoms with Crippen LogP contribution in [0.15, 0.2) is 47.5 Å². The lowest BCUT2D eigenvalue weighted by molar-refractivity contribution is -0.114. The molecule has 0 spiro atoms. The van der Waals surface area contributed by atoms with Gasteiger partial charge in [0.25, 0.3) is 5.91 Å². The number of pyridine rings is 1. The van der Waals surface area contributed by atoms with E-state index in [1.54, 1.807) is 36.8 Å². The number of allylic oxidation sites excluding steroid dienone is 1. The van der Waals surface area contributed by atoms with Crippen molar-refractivity contribution in [3.05, 3.63) is 58.8 Å². The molecule has 3 heterocycles. The molecule has 0 bridgehead atoms. The fourth-order valence-corrected chi connectivity index (χ4v) is 2.85. The van der Waals surface area contributed by atoms with E-state index in [4.69, 9.17) is 17.3 Å². The summed E-state index contributed by atoms with van der Waals surface area (Å²) in [6, 6.07) is 3.57. The molecule has 0 saturated carbocycles. The predicted octanol–water partition coefficient (Wildman–Crippen LogP) is 2.43. The Hall–Kier alpha value is -2.80. The Balaban J connectivity index is 1.77. The maximum Gasteiger partial charge on any atom is 0.266 e. The molecule has 8 heteroatoms. The van der Waals surface area contributed by atoms with Crippen LogP contribution in [0.25, 0.3) is 0 Å². The van der Waals surface area contributed by atoms with E-state index in [0.717, 1.165) is 5.56 Å². The van der Waals surface area contributed by atoms with Crippen molar-refractivity contribution < 1.29 is 4.79 Å². The predicted molar refractivity (Wildman–Crippen MR) is 96.4 cm³/mol. The number of hydrogen-bond donors (Lipinski definition) is 2. The van der Waals surface area contributed by atoms with E-state index in [2.05, 4.69) is 25.3 Å². The summed E-state index contributed by atoms with van der Waals surface area (Å²) in [4.78, 5) is 28.3. The standard InChI is InChI=1S/C17H17ClN6O/c1-17(2,14-11(18)4-3-7-20-14)24-16-21-8-10(9-22-16)12-5-6-13(23-12)15(19)25/h3-4,6-9H,5H2,1-2H3,(H2,19,25)(H,21,22,24). The summed E-state index contributed by atoms with van der Waals surface area (Å²) in [5.41, 5.74) is 7.11. The third-order valence-electron chi connectivity index (χ3n) is 3.76. The van der Waals surface area contributed by atoms with E-state index in [9.17, 15) is 4.79 Å². The largest absolute Gasteiger partial charge is 0.364 e. The van der Waals surface area contributed by atoms with Crippen molar-refractivity contribution in [2.45, 2.75) is 25.8 Å². The van der Waals surface area contributed by atoms with Crippen LogP contribution in [0.5, 0.6) is 0 Å². The lowest BCUT2D eigenvalue weighted by Crippen LogP contribution is -2.30. The van der Waals surface area contributed by atoms with Crippen molar-refractivity contribution in [3.63, 3.8) is 0 Å².